The first kappa shape index (κ1) is 15.3. The molecule has 1 aromatic carbocycles. The van der Waals surface area contributed by atoms with E-state index in [1.54, 1.807) is 10.4 Å². The van der Waals surface area contributed by atoms with Gasteiger partial charge in [0.2, 0.25) is 10.0 Å². The number of sulfonamides is 1. The minimum atomic E-state index is -3.50. The molecular weight excluding hydrogens is 312 g/mol. The quantitative estimate of drug-likeness (QED) is 0.833. The predicted octanol–water partition coefficient (Wildman–Crippen LogP) is 2.61. The molecule has 126 valence electrons. The predicted molar refractivity (Wildman–Crippen MR) is 89.5 cm³/mol. The molecule has 1 aromatic rings. The van der Waals surface area contributed by atoms with Gasteiger partial charge >= 0.3 is 0 Å². The summed E-state index contributed by atoms with van der Waals surface area (Å²) >= 11 is 0. The van der Waals surface area contributed by atoms with E-state index < -0.39 is 10.0 Å². The molecule has 5 nitrogen and oxygen atoms in total. The Morgan fingerprint density at radius 1 is 1.13 bits per heavy atom. The van der Waals surface area contributed by atoms with Crippen molar-refractivity contribution in [1.82, 2.24) is 4.31 Å². The van der Waals surface area contributed by atoms with Gasteiger partial charge in [-0.25, -0.2) is 8.42 Å². The van der Waals surface area contributed by atoms with Crippen molar-refractivity contribution in [1.29, 1.82) is 0 Å². The summed E-state index contributed by atoms with van der Waals surface area (Å²) < 4.78 is 34.3. The van der Waals surface area contributed by atoms with Gasteiger partial charge in [0.1, 0.15) is 10.6 Å². The van der Waals surface area contributed by atoms with Crippen LogP contribution in [0.25, 0.3) is 0 Å². The van der Waals surface area contributed by atoms with E-state index in [4.69, 9.17) is 4.74 Å². The van der Waals surface area contributed by atoms with Gasteiger partial charge in [-0.1, -0.05) is 6.07 Å². The first-order valence-corrected chi connectivity index (χ1v) is 10.1. The standard InChI is InChI=1S/C17H24N2O3S/c1-13-5-3-10-18(13)15-6-2-7-16-17(15)23(20,21)19(14-8-9-14)11-4-12-22-16/h2,6-7,13-14H,3-5,8-12H2,1H3/t13-/m1/s1. The molecule has 23 heavy (non-hydrogen) atoms. The van der Waals surface area contributed by atoms with Crippen LogP contribution in [0.3, 0.4) is 0 Å². The van der Waals surface area contributed by atoms with Crippen LogP contribution in [0.1, 0.15) is 39.0 Å². The Morgan fingerprint density at radius 3 is 2.65 bits per heavy atom. The lowest BCUT2D eigenvalue weighted by Crippen LogP contribution is -2.38. The molecule has 6 heteroatoms. The maximum atomic E-state index is 13.4. The molecule has 2 heterocycles. The van der Waals surface area contributed by atoms with Gasteiger partial charge in [-0.05, 0) is 51.2 Å². The molecule has 1 atom stereocenters. The minimum Gasteiger partial charge on any atom is -0.492 e. The second kappa shape index (κ2) is 5.67. The zero-order chi connectivity index (χ0) is 16.0. The molecule has 1 saturated carbocycles. The van der Waals surface area contributed by atoms with E-state index in [1.807, 2.05) is 12.1 Å². The lowest BCUT2D eigenvalue weighted by atomic mass is 10.2. The van der Waals surface area contributed by atoms with Crippen LogP contribution in [0.15, 0.2) is 23.1 Å². The summed E-state index contributed by atoms with van der Waals surface area (Å²) in [5.74, 6) is 0.520. The normalized spacial score (nSPS) is 27.9. The van der Waals surface area contributed by atoms with Crippen molar-refractivity contribution in [2.45, 2.75) is 56.0 Å². The van der Waals surface area contributed by atoms with E-state index in [0.29, 0.717) is 29.8 Å². The molecule has 2 aliphatic heterocycles. The fraction of sp³-hybridized carbons (Fsp3) is 0.647. The summed E-state index contributed by atoms with van der Waals surface area (Å²) in [6.07, 6.45) is 4.93. The highest BCUT2D eigenvalue weighted by Gasteiger charge is 2.42. The zero-order valence-corrected chi connectivity index (χ0v) is 14.4. The van der Waals surface area contributed by atoms with E-state index in [0.717, 1.165) is 44.3 Å². The summed E-state index contributed by atoms with van der Waals surface area (Å²) in [6.45, 7) is 4.22. The lowest BCUT2D eigenvalue weighted by molar-refractivity contribution is 0.269. The molecule has 0 aromatic heterocycles. The average Bonchev–Trinajstić information content (AvgIpc) is 3.25. The number of anilines is 1. The molecule has 1 saturated heterocycles. The third-order valence-electron chi connectivity index (χ3n) is 5.12. The number of ether oxygens (including phenoxy) is 1. The van der Waals surface area contributed by atoms with E-state index >= 15 is 0 Å². The van der Waals surface area contributed by atoms with E-state index in [1.165, 1.54) is 0 Å². The molecule has 2 fully saturated rings. The number of benzene rings is 1. The van der Waals surface area contributed by atoms with Crippen LogP contribution in [0.4, 0.5) is 5.69 Å². The Balaban J connectivity index is 1.86. The van der Waals surface area contributed by atoms with Gasteiger partial charge in [0.05, 0.1) is 12.3 Å². The highest BCUT2D eigenvalue weighted by molar-refractivity contribution is 7.89. The largest absolute Gasteiger partial charge is 0.492 e. The molecule has 0 spiro atoms. The summed E-state index contributed by atoms with van der Waals surface area (Å²) in [5.41, 5.74) is 0.819. The van der Waals surface area contributed by atoms with Gasteiger partial charge in [-0.3, -0.25) is 0 Å². The monoisotopic (exact) mass is 336 g/mol. The lowest BCUT2D eigenvalue weighted by Gasteiger charge is -2.31. The van der Waals surface area contributed by atoms with E-state index in [9.17, 15) is 8.42 Å². The fourth-order valence-electron chi connectivity index (χ4n) is 3.78. The van der Waals surface area contributed by atoms with Gasteiger partial charge in [0.25, 0.3) is 0 Å². The molecule has 0 bridgehead atoms. The molecule has 1 aliphatic carbocycles. The van der Waals surface area contributed by atoms with Crippen LogP contribution in [0.2, 0.25) is 0 Å². The molecule has 0 unspecified atom stereocenters. The molecule has 0 N–H and O–H groups in total. The molecule has 0 amide bonds. The van der Waals surface area contributed by atoms with E-state index in [-0.39, 0.29) is 6.04 Å². The number of rotatable bonds is 2. The fourth-order valence-corrected chi connectivity index (χ4v) is 5.81. The maximum Gasteiger partial charge on any atom is 0.249 e. The highest BCUT2D eigenvalue weighted by Crippen LogP contribution is 2.42. The average molecular weight is 336 g/mol. The summed E-state index contributed by atoms with van der Waals surface area (Å²) in [5, 5.41) is 0. The van der Waals surface area contributed by atoms with Crippen molar-refractivity contribution in [3.8, 4) is 5.75 Å². The van der Waals surface area contributed by atoms with Crippen LogP contribution in [0.5, 0.6) is 5.75 Å². The third-order valence-corrected chi connectivity index (χ3v) is 7.15. The van der Waals surface area contributed by atoms with Crippen molar-refractivity contribution < 1.29 is 13.2 Å². The van der Waals surface area contributed by atoms with Crippen LogP contribution in [0, 0.1) is 0 Å². The second-order valence-electron chi connectivity index (χ2n) is 6.84. The van der Waals surface area contributed by atoms with Crippen molar-refractivity contribution in [3.63, 3.8) is 0 Å². The van der Waals surface area contributed by atoms with E-state index in [2.05, 4.69) is 11.8 Å². The number of hydrogen-bond donors (Lipinski definition) is 0. The van der Waals surface area contributed by atoms with Gasteiger partial charge in [0, 0.05) is 25.2 Å². The van der Waals surface area contributed by atoms with Crippen molar-refractivity contribution in [2.24, 2.45) is 0 Å². The van der Waals surface area contributed by atoms with Gasteiger partial charge in [-0.15, -0.1) is 0 Å². The summed E-state index contributed by atoms with van der Waals surface area (Å²) in [4.78, 5) is 2.62. The Morgan fingerprint density at radius 2 is 1.96 bits per heavy atom. The summed E-state index contributed by atoms with van der Waals surface area (Å²) in [6, 6.07) is 6.21. The Kier molecular flexibility index (Phi) is 3.76. The maximum absolute atomic E-state index is 13.4. The van der Waals surface area contributed by atoms with Crippen LogP contribution in [-0.2, 0) is 10.0 Å². The molecular formula is C17H24N2O3S. The number of nitrogens with zero attached hydrogens (tertiary/aromatic N) is 2. The molecule has 4 rings (SSSR count). The topological polar surface area (TPSA) is 49.9 Å². The Bertz CT molecular complexity index is 700. The first-order chi connectivity index (χ1) is 11.1. The van der Waals surface area contributed by atoms with Crippen LogP contribution >= 0.6 is 0 Å². The summed E-state index contributed by atoms with van der Waals surface area (Å²) in [7, 11) is -3.50. The highest BCUT2D eigenvalue weighted by atomic mass is 32.2. The molecule has 3 aliphatic rings. The SMILES string of the molecule is C[C@@H]1CCCN1c1cccc2c1S(=O)(=O)N(C1CC1)CCCO2. The van der Waals surface area contributed by atoms with Crippen molar-refractivity contribution >= 4 is 15.7 Å². The van der Waals surface area contributed by atoms with Gasteiger partial charge < -0.3 is 9.64 Å². The van der Waals surface area contributed by atoms with Crippen LogP contribution in [-0.4, -0.2) is 44.5 Å². The Labute approximate surface area is 138 Å². The number of fused-ring (bicyclic) bond motifs is 1. The zero-order valence-electron chi connectivity index (χ0n) is 13.6. The van der Waals surface area contributed by atoms with Crippen molar-refractivity contribution in [3.05, 3.63) is 18.2 Å². The third kappa shape index (κ3) is 2.62. The smallest absolute Gasteiger partial charge is 0.249 e. The Hall–Kier alpha value is -1.27. The number of hydrogen-bond acceptors (Lipinski definition) is 4. The van der Waals surface area contributed by atoms with Crippen LogP contribution < -0.4 is 9.64 Å². The van der Waals surface area contributed by atoms with Crippen molar-refractivity contribution in [2.75, 3.05) is 24.6 Å². The molecule has 0 radical (unpaired) electrons. The van der Waals surface area contributed by atoms with Gasteiger partial charge in [0.15, 0.2) is 0 Å². The second-order valence-corrected chi connectivity index (χ2v) is 8.67. The van der Waals surface area contributed by atoms with Gasteiger partial charge in [-0.2, -0.15) is 4.31 Å². The minimum absolute atomic E-state index is 0.190. The first-order valence-electron chi connectivity index (χ1n) is 8.63.